The summed E-state index contributed by atoms with van der Waals surface area (Å²) in [7, 11) is 0. The quantitative estimate of drug-likeness (QED) is 0.266. The third-order valence-electron chi connectivity index (χ3n) is 7.75. The third kappa shape index (κ3) is 6.72. The topological polar surface area (TPSA) is 95.5 Å². The van der Waals surface area contributed by atoms with Crippen molar-refractivity contribution in [3.05, 3.63) is 129 Å². The molecule has 1 fully saturated rings. The number of H-pyrrole nitrogens is 1. The van der Waals surface area contributed by atoms with Crippen molar-refractivity contribution in [2.75, 3.05) is 13.2 Å². The number of benzene rings is 3. The van der Waals surface area contributed by atoms with Crippen LogP contribution in [0.15, 0.2) is 89.7 Å². The van der Waals surface area contributed by atoms with Crippen LogP contribution in [0.5, 0.6) is 5.75 Å². The highest BCUT2D eigenvalue weighted by Crippen LogP contribution is 2.43. The number of nitrogens with zero attached hydrogens (tertiary/aromatic N) is 2. The van der Waals surface area contributed by atoms with Crippen molar-refractivity contribution in [2.24, 2.45) is 0 Å². The van der Waals surface area contributed by atoms with Crippen LogP contribution in [0.25, 0.3) is 0 Å². The van der Waals surface area contributed by atoms with Crippen LogP contribution in [-0.2, 0) is 25.0 Å². The van der Waals surface area contributed by atoms with Gasteiger partial charge in [0.05, 0.1) is 6.61 Å². The number of amides is 1. The summed E-state index contributed by atoms with van der Waals surface area (Å²) in [6, 6.07) is 25.4. The lowest BCUT2D eigenvalue weighted by atomic mass is 9.76. The Kier molecular flexibility index (Phi) is 8.89. The molecule has 4 aromatic rings. The first kappa shape index (κ1) is 28.2. The maximum absolute atomic E-state index is 14.0. The molecule has 3 aromatic carbocycles. The van der Waals surface area contributed by atoms with Crippen LogP contribution in [0.3, 0.4) is 0 Å². The predicted octanol–water partition coefficient (Wildman–Crippen LogP) is 5.18. The number of aromatic nitrogens is 2. The van der Waals surface area contributed by atoms with E-state index in [1.165, 1.54) is 22.6 Å². The Morgan fingerprint density at radius 2 is 1.61 bits per heavy atom. The number of aliphatic hydroxyl groups excluding tert-OH is 1. The van der Waals surface area contributed by atoms with Crippen molar-refractivity contribution in [1.29, 1.82) is 0 Å². The zero-order chi connectivity index (χ0) is 28.7. The van der Waals surface area contributed by atoms with Gasteiger partial charge in [0.2, 0.25) is 5.75 Å². The minimum absolute atomic E-state index is 0.00605. The van der Waals surface area contributed by atoms with Crippen molar-refractivity contribution in [2.45, 2.75) is 50.7 Å². The number of aromatic amines is 1. The molecule has 5 rings (SSSR count). The lowest BCUT2D eigenvalue weighted by Gasteiger charge is -2.29. The molecule has 1 heterocycles. The van der Waals surface area contributed by atoms with E-state index < -0.39 is 11.5 Å². The van der Waals surface area contributed by atoms with Gasteiger partial charge in [-0.3, -0.25) is 9.59 Å². The summed E-state index contributed by atoms with van der Waals surface area (Å²) in [5.74, 6) is -0.670. The molecule has 1 aromatic heterocycles. The normalized spacial score (nSPS) is 14.1. The van der Waals surface area contributed by atoms with Crippen molar-refractivity contribution in [3.8, 4) is 5.75 Å². The van der Waals surface area contributed by atoms with Crippen molar-refractivity contribution < 1.29 is 19.0 Å². The Morgan fingerprint density at radius 1 is 0.951 bits per heavy atom. The molecule has 2 N–H and O–H groups in total. The van der Waals surface area contributed by atoms with Crippen molar-refractivity contribution >= 4 is 5.91 Å². The van der Waals surface area contributed by atoms with E-state index in [2.05, 4.69) is 17.1 Å². The Labute approximate surface area is 238 Å². The average molecular weight is 556 g/mol. The van der Waals surface area contributed by atoms with Crippen molar-refractivity contribution in [3.63, 3.8) is 0 Å². The highest BCUT2D eigenvalue weighted by atomic mass is 19.1. The van der Waals surface area contributed by atoms with Gasteiger partial charge in [-0.1, -0.05) is 85.6 Å². The number of hydrogen-bond donors (Lipinski definition) is 2. The van der Waals surface area contributed by atoms with E-state index in [9.17, 15) is 19.1 Å². The standard InChI is InChI=1S/C33H34FN3O4/c34-27-15-13-24(14-16-27)22-37(19-20-38)32(40)29-30(41-23-25-9-3-1-4-10-25)31(39)36-28(35-29)21-33(17-7-8-18-33)26-11-5-2-6-12-26/h1-6,9-16,38H,7-8,17-23H2,(H,35,36,39). The molecule has 1 saturated carbocycles. The summed E-state index contributed by atoms with van der Waals surface area (Å²) in [4.78, 5) is 36.5. The molecule has 0 radical (unpaired) electrons. The summed E-state index contributed by atoms with van der Waals surface area (Å²) in [6.45, 7) is -0.0981. The molecule has 0 unspecified atom stereocenters. The molecular weight excluding hydrogens is 521 g/mol. The Morgan fingerprint density at radius 3 is 2.27 bits per heavy atom. The van der Waals surface area contributed by atoms with E-state index in [-0.39, 0.29) is 49.0 Å². The monoisotopic (exact) mass is 555 g/mol. The molecular formula is C33H34FN3O4. The minimum Gasteiger partial charge on any atom is -0.481 e. The largest absolute Gasteiger partial charge is 0.481 e. The lowest BCUT2D eigenvalue weighted by Crippen LogP contribution is -2.36. The van der Waals surface area contributed by atoms with Crippen LogP contribution in [-0.4, -0.2) is 39.0 Å². The molecule has 1 amide bonds. The molecule has 0 bridgehead atoms. The fraction of sp³-hybridized carbons (Fsp3) is 0.303. The fourth-order valence-electron chi connectivity index (χ4n) is 5.67. The van der Waals surface area contributed by atoms with E-state index >= 15 is 0 Å². The first-order chi connectivity index (χ1) is 20.0. The lowest BCUT2D eigenvalue weighted by molar-refractivity contribution is 0.0695. The highest BCUT2D eigenvalue weighted by Gasteiger charge is 2.37. The maximum Gasteiger partial charge on any atom is 0.294 e. The Balaban J connectivity index is 1.52. The first-order valence-electron chi connectivity index (χ1n) is 14.0. The molecule has 0 atom stereocenters. The number of ether oxygens (including phenoxy) is 1. The van der Waals surface area contributed by atoms with Gasteiger partial charge in [0.25, 0.3) is 11.5 Å². The van der Waals surface area contributed by atoms with Gasteiger partial charge in [-0.05, 0) is 41.7 Å². The van der Waals surface area contributed by atoms with E-state index in [1.54, 1.807) is 12.1 Å². The van der Waals surface area contributed by atoms with Crippen LogP contribution in [0.4, 0.5) is 4.39 Å². The highest BCUT2D eigenvalue weighted by molar-refractivity contribution is 5.94. The molecule has 8 heteroatoms. The van der Waals surface area contributed by atoms with Gasteiger partial charge in [0.15, 0.2) is 5.69 Å². The van der Waals surface area contributed by atoms with E-state index in [0.717, 1.165) is 31.2 Å². The number of halogens is 1. The van der Waals surface area contributed by atoms with Gasteiger partial charge in [-0.25, -0.2) is 9.37 Å². The predicted molar refractivity (Wildman–Crippen MR) is 154 cm³/mol. The van der Waals surface area contributed by atoms with E-state index in [1.807, 2.05) is 48.5 Å². The molecule has 212 valence electrons. The van der Waals surface area contributed by atoms with Gasteiger partial charge in [0.1, 0.15) is 18.2 Å². The number of hydrogen-bond acceptors (Lipinski definition) is 5. The van der Waals surface area contributed by atoms with Gasteiger partial charge in [-0.15, -0.1) is 0 Å². The summed E-state index contributed by atoms with van der Waals surface area (Å²) in [5, 5.41) is 9.76. The number of nitrogens with one attached hydrogen (secondary N) is 1. The second kappa shape index (κ2) is 12.9. The van der Waals surface area contributed by atoms with Crippen LogP contribution >= 0.6 is 0 Å². The minimum atomic E-state index is -0.543. The second-order valence-corrected chi connectivity index (χ2v) is 10.6. The van der Waals surface area contributed by atoms with E-state index in [0.29, 0.717) is 17.8 Å². The molecule has 1 aliphatic carbocycles. The van der Waals surface area contributed by atoms with Gasteiger partial charge >= 0.3 is 0 Å². The first-order valence-corrected chi connectivity index (χ1v) is 14.0. The molecule has 0 spiro atoms. The molecule has 0 aliphatic heterocycles. The zero-order valence-corrected chi connectivity index (χ0v) is 22.9. The van der Waals surface area contributed by atoms with Crippen LogP contribution in [0.1, 0.15) is 58.7 Å². The second-order valence-electron chi connectivity index (χ2n) is 10.6. The van der Waals surface area contributed by atoms with Crippen molar-refractivity contribution in [1.82, 2.24) is 14.9 Å². The molecule has 0 saturated heterocycles. The molecule has 7 nitrogen and oxygen atoms in total. The smallest absolute Gasteiger partial charge is 0.294 e. The zero-order valence-electron chi connectivity index (χ0n) is 22.9. The van der Waals surface area contributed by atoms with Crippen LogP contribution < -0.4 is 10.3 Å². The Bertz CT molecular complexity index is 1500. The molecule has 41 heavy (non-hydrogen) atoms. The van der Waals surface area contributed by atoms with E-state index in [4.69, 9.17) is 9.72 Å². The number of rotatable bonds is 11. The maximum atomic E-state index is 14.0. The Hall–Kier alpha value is -4.30. The van der Waals surface area contributed by atoms with Gasteiger partial charge < -0.3 is 19.7 Å². The number of carbonyl (C=O) groups is 1. The summed E-state index contributed by atoms with van der Waals surface area (Å²) in [5.41, 5.74) is 1.89. The summed E-state index contributed by atoms with van der Waals surface area (Å²) < 4.78 is 19.4. The fourth-order valence-corrected chi connectivity index (χ4v) is 5.67. The summed E-state index contributed by atoms with van der Waals surface area (Å²) >= 11 is 0. The van der Waals surface area contributed by atoms with Crippen LogP contribution in [0, 0.1) is 5.82 Å². The SMILES string of the molecule is O=C(c1nc(CC2(c3ccccc3)CCCC2)[nH]c(=O)c1OCc1ccccc1)N(CCO)Cc1ccc(F)cc1. The van der Waals surface area contributed by atoms with Gasteiger partial charge in [0, 0.05) is 24.9 Å². The van der Waals surface area contributed by atoms with Crippen LogP contribution in [0.2, 0.25) is 0 Å². The van der Waals surface area contributed by atoms with Gasteiger partial charge in [-0.2, -0.15) is 0 Å². The average Bonchev–Trinajstić information content (AvgIpc) is 3.47. The third-order valence-corrected chi connectivity index (χ3v) is 7.75. The number of carbonyl (C=O) groups excluding carboxylic acids is 1. The summed E-state index contributed by atoms with van der Waals surface area (Å²) in [6.07, 6.45) is 4.54. The molecule has 1 aliphatic rings. The number of aliphatic hydroxyl groups is 1.